The first-order valence-corrected chi connectivity index (χ1v) is 7.19. The van der Waals surface area contributed by atoms with E-state index in [-0.39, 0.29) is 0 Å². The topological polar surface area (TPSA) is 24.9 Å². The molecule has 3 atom stereocenters. The summed E-state index contributed by atoms with van der Waals surface area (Å²) in [5.41, 5.74) is 2.74. The van der Waals surface area contributed by atoms with Crippen molar-refractivity contribution in [2.75, 3.05) is 7.05 Å². The van der Waals surface area contributed by atoms with Gasteiger partial charge in [-0.1, -0.05) is 13.8 Å². The van der Waals surface area contributed by atoms with E-state index >= 15 is 0 Å². The molecule has 2 rings (SSSR count). The Bertz CT molecular complexity index is 378. The molecule has 1 fully saturated rings. The molecule has 0 saturated heterocycles. The number of pyridine rings is 1. The summed E-state index contributed by atoms with van der Waals surface area (Å²) in [6.07, 6.45) is 7.98. The van der Waals surface area contributed by atoms with Gasteiger partial charge in [-0.25, -0.2) is 0 Å². The van der Waals surface area contributed by atoms with E-state index in [0.717, 1.165) is 17.8 Å². The standard InChI is InChI=1S/C16H26N2/c1-11-7-12(2)9-14(8-11)16(17-4)15-5-6-18-10-13(15)3/h5-6,10-12,14,16-17H,7-9H2,1-4H3. The molecule has 0 radical (unpaired) electrons. The molecule has 0 aliphatic heterocycles. The highest BCUT2D eigenvalue weighted by molar-refractivity contribution is 5.26. The third kappa shape index (κ3) is 2.92. The minimum atomic E-state index is 0.484. The summed E-state index contributed by atoms with van der Waals surface area (Å²) in [5.74, 6) is 2.48. The van der Waals surface area contributed by atoms with E-state index in [1.54, 1.807) is 0 Å². The highest BCUT2D eigenvalue weighted by atomic mass is 14.9. The fourth-order valence-corrected chi connectivity index (χ4v) is 3.76. The smallest absolute Gasteiger partial charge is 0.0350 e. The molecule has 100 valence electrons. The van der Waals surface area contributed by atoms with Crippen LogP contribution in [0.2, 0.25) is 0 Å². The molecule has 1 N–H and O–H groups in total. The van der Waals surface area contributed by atoms with Crippen molar-refractivity contribution in [3.05, 3.63) is 29.6 Å². The van der Waals surface area contributed by atoms with Crippen LogP contribution in [0.15, 0.2) is 18.5 Å². The van der Waals surface area contributed by atoms with Crippen molar-refractivity contribution >= 4 is 0 Å². The summed E-state index contributed by atoms with van der Waals surface area (Å²) >= 11 is 0. The van der Waals surface area contributed by atoms with Crippen LogP contribution < -0.4 is 5.32 Å². The lowest BCUT2D eigenvalue weighted by Gasteiger charge is -2.37. The molecule has 1 saturated carbocycles. The van der Waals surface area contributed by atoms with Crippen LogP contribution in [-0.2, 0) is 0 Å². The Balaban J connectivity index is 2.20. The SMILES string of the molecule is CNC(c1ccncc1C)C1CC(C)CC(C)C1. The van der Waals surface area contributed by atoms with Crippen LogP contribution in [0.3, 0.4) is 0 Å². The molecular weight excluding hydrogens is 220 g/mol. The lowest BCUT2D eigenvalue weighted by Crippen LogP contribution is -2.31. The number of aryl methyl sites for hydroxylation is 1. The molecule has 2 nitrogen and oxygen atoms in total. The first-order chi connectivity index (χ1) is 8.61. The van der Waals surface area contributed by atoms with Crippen LogP contribution in [0.4, 0.5) is 0 Å². The maximum atomic E-state index is 4.21. The van der Waals surface area contributed by atoms with Crippen LogP contribution >= 0.6 is 0 Å². The third-order valence-electron chi connectivity index (χ3n) is 4.40. The average molecular weight is 246 g/mol. The minimum absolute atomic E-state index is 0.484. The van der Waals surface area contributed by atoms with Gasteiger partial charge in [0.2, 0.25) is 0 Å². The molecule has 0 bridgehead atoms. The Hall–Kier alpha value is -0.890. The molecule has 0 aromatic carbocycles. The maximum absolute atomic E-state index is 4.21. The Labute approximate surface area is 111 Å². The van der Waals surface area contributed by atoms with E-state index in [0.29, 0.717) is 6.04 Å². The Morgan fingerprint density at radius 2 is 1.89 bits per heavy atom. The number of hydrogen-bond donors (Lipinski definition) is 1. The summed E-state index contributed by atoms with van der Waals surface area (Å²) in [7, 11) is 2.09. The van der Waals surface area contributed by atoms with Crippen LogP contribution in [0.25, 0.3) is 0 Å². The predicted molar refractivity (Wildman–Crippen MR) is 76.4 cm³/mol. The van der Waals surface area contributed by atoms with Crippen LogP contribution in [-0.4, -0.2) is 12.0 Å². The molecule has 1 aliphatic rings. The van der Waals surface area contributed by atoms with Gasteiger partial charge >= 0.3 is 0 Å². The Morgan fingerprint density at radius 3 is 2.44 bits per heavy atom. The van der Waals surface area contributed by atoms with Gasteiger partial charge in [0, 0.05) is 18.4 Å². The molecule has 0 amide bonds. The van der Waals surface area contributed by atoms with Crippen LogP contribution in [0, 0.1) is 24.7 Å². The van der Waals surface area contributed by atoms with Gasteiger partial charge in [0.05, 0.1) is 0 Å². The first-order valence-electron chi connectivity index (χ1n) is 7.19. The van der Waals surface area contributed by atoms with Gasteiger partial charge in [0.25, 0.3) is 0 Å². The van der Waals surface area contributed by atoms with Gasteiger partial charge in [-0.05, 0) is 68.2 Å². The number of aromatic nitrogens is 1. The van der Waals surface area contributed by atoms with Crippen molar-refractivity contribution in [2.24, 2.45) is 17.8 Å². The second kappa shape index (κ2) is 5.83. The largest absolute Gasteiger partial charge is 0.313 e. The second-order valence-corrected chi connectivity index (χ2v) is 6.18. The fourth-order valence-electron chi connectivity index (χ4n) is 3.76. The lowest BCUT2D eigenvalue weighted by molar-refractivity contribution is 0.180. The molecule has 1 aliphatic carbocycles. The van der Waals surface area contributed by atoms with E-state index in [1.165, 1.54) is 30.4 Å². The maximum Gasteiger partial charge on any atom is 0.0350 e. The zero-order valence-electron chi connectivity index (χ0n) is 12.1. The molecule has 1 heterocycles. The van der Waals surface area contributed by atoms with E-state index in [9.17, 15) is 0 Å². The van der Waals surface area contributed by atoms with Gasteiger partial charge in [0.15, 0.2) is 0 Å². The van der Waals surface area contributed by atoms with Gasteiger partial charge in [-0.3, -0.25) is 4.98 Å². The molecular formula is C16H26N2. The van der Waals surface area contributed by atoms with Gasteiger partial charge in [-0.15, -0.1) is 0 Å². The summed E-state index contributed by atoms with van der Waals surface area (Å²) in [5, 5.41) is 3.54. The summed E-state index contributed by atoms with van der Waals surface area (Å²) < 4.78 is 0. The zero-order chi connectivity index (χ0) is 13.1. The van der Waals surface area contributed by atoms with Crippen molar-refractivity contribution in [3.63, 3.8) is 0 Å². The van der Waals surface area contributed by atoms with Gasteiger partial charge in [-0.2, -0.15) is 0 Å². The van der Waals surface area contributed by atoms with Crippen molar-refractivity contribution < 1.29 is 0 Å². The minimum Gasteiger partial charge on any atom is -0.313 e. The van der Waals surface area contributed by atoms with Crippen molar-refractivity contribution in [1.82, 2.24) is 10.3 Å². The molecule has 1 aromatic rings. The summed E-state index contributed by atoms with van der Waals surface area (Å²) in [6, 6.07) is 2.67. The first kappa shape index (κ1) is 13.5. The number of nitrogens with one attached hydrogen (secondary N) is 1. The van der Waals surface area contributed by atoms with Gasteiger partial charge in [0.1, 0.15) is 0 Å². The Kier molecular flexibility index (Phi) is 4.39. The van der Waals surface area contributed by atoms with E-state index < -0.39 is 0 Å². The van der Waals surface area contributed by atoms with Crippen molar-refractivity contribution in [3.8, 4) is 0 Å². The molecule has 18 heavy (non-hydrogen) atoms. The normalized spacial score (nSPS) is 30.1. The second-order valence-electron chi connectivity index (χ2n) is 6.18. The molecule has 3 unspecified atom stereocenters. The number of nitrogens with zero attached hydrogens (tertiary/aromatic N) is 1. The number of hydrogen-bond acceptors (Lipinski definition) is 2. The van der Waals surface area contributed by atoms with Crippen LogP contribution in [0.5, 0.6) is 0 Å². The summed E-state index contributed by atoms with van der Waals surface area (Å²) in [4.78, 5) is 4.21. The molecule has 1 aromatic heterocycles. The predicted octanol–water partition coefficient (Wildman–Crippen LogP) is 3.72. The average Bonchev–Trinajstić information content (AvgIpc) is 2.31. The van der Waals surface area contributed by atoms with Crippen molar-refractivity contribution in [1.29, 1.82) is 0 Å². The lowest BCUT2D eigenvalue weighted by atomic mass is 9.72. The molecule has 0 spiro atoms. The van der Waals surface area contributed by atoms with Gasteiger partial charge < -0.3 is 5.32 Å². The quantitative estimate of drug-likeness (QED) is 0.879. The third-order valence-corrected chi connectivity index (χ3v) is 4.40. The van der Waals surface area contributed by atoms with E-state index in [1.807, 2.05) is 12.4 Å². The molecule has 2 heteroatoms. The van der Waals surface area contributed by atoms with E-state index in [2.05, 4.69) is 44.2 Å². The number of rotatable bonds is 3. The van der Waals surface area contributed by atoms with E-state index in [4.69, 9.17) is 0 Å². The van der Waals surface area contributed by atoms with Crippen molar-refractivity contribution in [2.45, 2.75) is 46.1 Å². The fraction of sp³-hybridized carbons (Fsp3) is 0.688. The highest BCUT2D eigenvalue weighted by Gasteiger charge is 2.30. The van der Waals surface area contributed by atoms with Crippen LogP contribution in [0.1, 0.15) is 50.3 Å². The summed E-state index contributed by atoms with van der Waals surface area (Å²) in [6.45, 7) is 6.96. The highest BCUT2D eigenvalue weighted by Crippen LogP contribution is 2.40. The Morgan fingerprint density at radius 1 is 1.22 bits per heavy atom. The monoisotopic (exact) mass is 246 g/mol. The zero-order valence-corrected chi connectivity index (χ0v) is 12.1.